The van der Waals surface area contributed by atoms with E-state index in [0.29, 0.717) is 12.2 Å². The van der Waals surface area contributed by atoms with Gasteiger partial charge >= 0.3 is 0 Å². The highest BCUT2D eigenvalue weighted by atomic mass is 16.6. The normalized spacial score (nSPS) is 10.6. The Morgan fingerprint density at radius 2 is 2.00 bits per heavy atom. The summed E-state index contributed by atoms with van der Waals surface area (Å²) in [6.45, 7) is 4.23. The Morgan fingerprint density at radius 1 is 1.28 bits per heavy atom. The van der Waals surface area contributed by atoms with E-state index in [9.17, 15) is 14.9 Å². The molecule has 0 radical (unpaired) electrons. The van der Waals surface area contributed by atoms with Gasteiger partial charge in [-0.25, -0.2) is 5.43 Å². The van der Waals surface area contributed by atoms with Crippen LogP contribution in [-0.2, 0) is 0 Å². The lowest BCUT2D eigenvalue weighted by molar-refractivity contribution is -0.385. The monoisotopic (exact) mass is 341 g/mol. The fourth-order valence-electron chi connectivity index (χ4n) is 2.16. The highest BCUT2D eigenvalue weighted by Gasteiger charge is 2.17. The molecule has 2 aromatic rings. The molecule has 0 aliphatic carbocycles. The van der Waals surface area contributed by atoms with Crippen LogP contribution in [0, 0.1) is 17.0 Å². The number of nitro groups is 1. The van der Waals surface area contributed by atoms with E-state index in [-0.39, 0.29) is 11.3 Å². The number of amides is 1. The maximum Gasteiger partial charge on any atom is 0.273 e. The molecule has 7 nitrogen and oxygen atoms in total. The van der Waals surface area contributed by atoms with Gasteiger partial charge in [0, 0.05) is 11.6 Å². The van der Waals surface area contributed by atoms with Crippen molar-refractivity contribution in [2.75, 3.05) is 6.61 Å². The van der Waals surface area contributed by atoms with Gasteiger partial charge in [0.05, 0.1) is 23.3 Å². The average molecular weight is 341 g/mol. The maximum absolute atomic E-state index is 12.1. The van der Waals surface area contributed by atoms with Gasteiger partial charge in [0.15, 0.2) is 0 Å². The molecule has 0 saturated heterocycles. The number of nitrogens with zero attached hydrogens (tertiary/aromatic N) is 2. The number of hydrogen-bond donors (Lipinski definition) is 1. The Hall–Kier alpha value is -3.22. The Balaban J connectivity index is 2.01. The van der Waals surface area contributed by atoms with E-state index < -0.39 is 10.8 Å². The number of nitro benzene ring substituents is 1. The second-order valence-electron chi connectivity index (χ2n) is 5.32. The van der Waals surface area contributed by atoms with Gasteiger partial charge < -0.3 is 4.74 Å². The van der Waals surface area contributed by atoms with Crippen molar-refractivity contribution in [2.45, 2.75) is 20.3 Å². The topological polar surface area (TPSA) is 93.8 Å². The van der Waals surface area contributed by atoms with E-state index in [4.69, 9.17) is 4.74 Å². The predicted molar refractivity (Wildman–Crippen MR) is 95.1 cm³/mol. The van der Waals surface area contributed by atoms with Crippen molar-refractivity contribution >= 4 is 17.8 Å². The molecule has 7 heteroatoms. The molecule has 0 saturated carbocycles. The Bertz CT molecular complexity index is 785. The molecule has 0 aliphatic heterocycles. The molecule has 0 aliphatic rings. The minimum Gasteiger partial charge on any atom is -0.494 e. The van der Waals surface area contributed by atoms with Crippen molar-refractivity contribution in [1.29, 1.82) is 0 Å². The molecule has 0 spiro atoms. The van der Waals surface area contributed by atoms with Crippen LogP contribution in [-0.4, -0.2) is 23.7 Å². The second-order valence-corrected chi connectivity index (χ2v) is 5.32. The number of carbonyl (C=O) groups excluding carboxylic acids is 1. The standard InChI is InChI=1S/C18H19N3O4/c1-3-11-25-15-9-7-14(8-10-15)12-19-20-18(22)16-5-4-6-17(13(16)2)21(23)24/h4-10,12H,3,11H2,1-2H3,(H,20,22)/b19-12-. The molecule has 1 amide bonds. The van der Waals surface area contributed by atoms with E-state index in [2.05, 4.69) is 10.5 Å². The van der Waals surface area contributed by atoms with Crippen LogP contribution in [0.3, 0.4) is 0 Å². The molecular formula is C18H19N3O4. The zero-order chi connectivity index (χ0) is 18.2. The summed E-state index contributed by atoms with van der Waals surface area (Å²) >= 11 is 0. The van der Waals surface area contributed by atoms with Crippen molar-refractivity contribution in [3.63, 3.8) is 0 Å². The van der Waals surface area contributed by atoms with E-state index in [0.717, 1.165) is 17.7 Å². The van der Waals surface area contributed by atoms with Gasteiger partial charge in [0.25, 0.3) is 11.6 Å². The lowest BCUT2D eigenvalue weighted by Crippen LogP contribution is -2.19. The summed E-state index contributed by atoms with van der Waals surface area (Å²) in [5.74, 6) is 0.274. The first-order chi connectivity index (χ1) is 12.0. The van der Waals surface area contributed by atoms with Gasteiger partial charge in [-0.2, -0.15) is 5.10 Å². The van der Waals surface area contributed by atoms with Crippen molar-refractivity contribution in [1.82, 2.24) is 5.43 Å². The Morgan fingerprint density at radius 3 is 2.64 bits per heavy atom. The first-order valence-electron chi connectivity index (χ1n) is 7.83. The lowest BCUT2D eigenvalue weighted by atomic mass is 10.1. The SMILES string of the molecule is CCCOc1ccc(/C=N\NC(=O)c2cccc([N+](=O)[O-])c2C)cc1. The number of ether oxygens (including phenoxy) is 1. The van der Waals surface area contributed by atoms with Crippen LogP contribution in [0.1, 0.15) is 34.8 Å². The summed E-state index contributed by atoms with van der Waals surface area (Å²) in [6.07, 6.45) is 2.43. The van der Waals surface area contributed by atoms with Crippen LogP contribution in [0.25, 0.3) is 0 Å². The third-order valence-electron chi connectivity index (χ3n) is 3.48. The van der Waals surface area contributed by atoms with E-state index in [1.54, 1.807) is 0 Å². The average Bonchev–Trinajstić information content (AvgIpc) is 2.60. The third-order valence-corrected chi connectivity index (χ3v) is 3.48. The molecule has 0 unspecified atom stereocenters. The van der Waals surface area contributed by atoms with E-state index in [1.165, 1.54) is 31.3 Å². The van der Waals surface area contributed by atoms with Crippen LogP contribution < -0.4 is 10.2 Å². The number of hydrogen-bond acceptors (Lipinski definition) is 5. The van der Waals surface area contributed by atoms with Crippen molar-refractivity contribution in [3.05, 3.63) is 69.3 Å². The van der Waals surface area contributed by atoms with Crippen LogP contribution in [0.2, 0.25) is 0 Å². The van der Waals surface area contributed by atoms with Crippen molar-refractivity contribution < 1.29 is 14.5 Å². The lowest BCUT2D eigenvalue weighted by Gasteiger charge is -2.05. The molecule has 2 aromatic carbocycles. The molecule has 0 heterocycles. The third kappa shape index (κ3) is 4.87. The van der Waals surface area contributed by atoms with Crippen LogP contribution in [0.15, 0.2) is 47.6 Å². The summed E-state index contributed by atoms with van der Waals surface area (Å²) in [4.78, 5) is 22.5. The Labute approximate surface area is 145 Å². The highest BCUT2D eigenvalue weighted by molar-refractivity contribution is 5.97. The van der Waals surface area contributed by atoms with Crippen LogP contribution in [0.5, 0.6) is 5.75 Å². The van der Waals surface area contributed by atoms with Gasteiger partial charge in [-0.3, -0.25) is 14.9 Å². The number of rotatable bonds is 7. The summed E-state index contributed by atoms with van der Waals surface area (Å²) in [6, 6.07) is 11.6. The first-order valence-corrected chi connectivity index (χ1v) is 7.83. The molecule has 0 bridgehead atoms. The van der Waals surface area contributed by atoms with Crippen molar-refractivity contribution in [2.24, 2.45) is 5.10 Å². The number of benzene rings is 2. The zero-order valence-electron chi connectivity index (χ0n) is 14.1. The maximum atomic E-state index is 12.1. The summed E-state index contributed by atoms with van der Waals surface area (Å²) < 4.78 is 5.49. The minimum atomic E-state index is -0.516. The number of nitrogens with one attached hydrogen (secondary N) is 1. The largest absolute Gasteiger partial charge is 0.494 e. The minimum absolute atomic E-state index is 0.0979. The highest BCUT2D eigenvalue weighted by Crippen LogP contribution is 2.20. The molecule has 130 valence electrons. The molecule has 25 heavy (non-hydrogen) atoms. The quantitative estimate of drug-likeness (QED) is 0.474. The predicted octanol–water partition coefficient (Wildman–Crippen LogP) is 3.46. The summed E-state index contributed by atoms with van der Waals surface area (Å²) in [7, 11) is 0. The fourth-order valence-corrected chi connectivity index (χ4v) is 2.16. The number of hydrazone groups is 1. The van der Waals surface area contributed by atoms with Gasteiger partial charge in [0.1, 0.15) is 5.75 Å². The van der Waals surface area contributed by atoms with Gasteiger partial charge in [-0.05, 0) is 49.2 Å². The van der Waals surface area contributed by atoms with E-state index in [1.807, 2.05) is 31.2 Å². The van der Waals surface area contributed by atoms with Crippen LogP contribution in [0.4, 0.5) is 5.69 Å². The zero-order valence-corrected chi connectivity index (χ0v) is 14.1. The molecule has 0 atom stereocenters. The smallest absolute Gasteiger partial charge is 0.273 e. The molecular weight excluding hydrogens is 322 g/mol. The molecule has 0 fully saturated rings. The first kappa shape index (κ1) is 18.1. The van der Waals surface area contributed by atoms with E-state index >= 15 is 0 Å². The summed E-state index contributed by atoms with van der Waals surface area (Å²) in [5.41, 5.74) is 3.59. The van der Waals surface area contributed by atoms with Crippen molar-refractivity contribution in [3.8, 4) is 5.75 Å². The molecule has 0 aromatic heterocycles. The second kappa shape index (κ2) is 8.58. The van der Waals surface area contributed by atoms with Gasteiger partial charge in [-0.15, -0.1) is 0 Å². The van der Waals surface area contributed by atoms with Gasteiger partial charge in [0.2, 0.25) is 0 Å². The fraction of sp³-hybridized carbons (Fsp3) is 0.222. The molecule has 1 N–H and O–H groups in total. The Kier molecular flexibility index (Phi) is 6.22. The van der Waals surface area contributed by atoms with Gasteiger partial charge in [-0.1, -0.05) is 13.0 Å². The summed E-state index contributed by atoms with van der Waals surface area (Å²) in [5, 5.41) is 14.8. The van der Waals surface area contributed by atoms with Crippen LogP contribution >= 0.6 is 0 Å². The molecule has 2 rings (SSSR count). The number of carbonyl (C=O) groups is 1.